The molecule has 8 nitrogen and oxygen atoms in total. The molecule has 196 valence electrons. The second-order valence-corrected chi connectivity index (χ2v) is 10.9. The molecule has 0 aliphatic heterocycles. The minimum Gasteiger partial charge on any atom is -0.352 e. The Labute approximate surface area is 213 Å². The molecule has 0 bridgehead atoms. The van der Waals surface area contributed by atoms with Crippen molar-refractivity contribution in [1.82, 2.24) is 10.6 Å². The Balaban J connectivity index is 4.85. The summed E-state index contributed by atoms with van der Waals surface area (Å²) in [6, 6.07) is -1.27. The van der Waals surface area contributed by atoms with E-state index in [1.807, 2.05) is 34.6 Å². The molecule has 3 amide bonds. The minimum atomic E-state index is -0.650. The predicted molar refractivity (Wildman–Crippen MR) is 138 cm³/mol. The normalized spacial score (nSPS) is 13.3. The minimum absolute atomic E-state index is 0.00727. The molecule has 0 unspecified atom stereocenters. The fraction of sp³-hybridized carbons (Fsp3) is 0.800. The highest BCUT2D eigenvalue weighted by molar-refractivity contribution is 9.09. The van der Waals surface area contributed by atoms with E-state index in [1.54, 1.807) is 0 Å². The smallest absolute Gasteiger partial charge is 0.312 e. The van der Waals surface area contributed by atoms with Crippen molar-refractivity contribution < 1.29 is 24.0 Å². The fourth-order valence-electron chi connectivity index (χ4n) is 3.76. The van der Waals surface area contributed by atoms with Crippen molar-refractivity contribution >= 4 is 45.2 Å². The SMILES string of the molecule is CC(C)[C@H](NC(=O)CCCCCCC(=O)CBr)C(=O)C[C@@H](CCCNC(N)=O)C(=O)C(C)(C)C. The zero-order valence-corrected chi connectivity index (χ0v) is 23.1. The van der Waals surface area contributed by atoms with Gasteiger partial charge in [-0.2, -0.15) is 0 Å². The first kappa shape index (κ1) is 32.2. The van der Waals surface area contributed by atoms with Gasteiger partial charge >= 0.3 is 6.03 Å². The molecule has 0 aromatic carbocycles. The van der Waals surface area contributed by atoms with Gasteiger partial charge < -0.3 is 16.4 Å². The molecule has 0 fully saturated rings. The maximum Gasteiger partial charge on any atom is 0.312 e. The third-order valence-corrected chi connectivity index (χ3v) is 6.30. The number of Topliss-reactive ketones (excluding diaryl/α,β-unsaturated/α-hetero) is 3. The molecule has 0 heterocycles. The zero-order chi connectivity index (χ0) is 26.3. The van der Waals surface area contributed by atoms with Crippen molar-refractivity contribution in [2.75, 3.05) is 11.9 Å². The molecule has 0 saturated carbocycles. The van der Waals surface area contributed by atoms with E-state index in [9.17, 15) is 24.0 Å². The van der Waals surface area contributed by atoms with Crippen LogP contribution in [0.5, 0.6) is 0 Å². The Morgan fingerprint density at radius 1 is 0.912 bits per heavy atom. The van der Waals surface area contributed by atoms with Crippen LogP contribution in [0.3, 0.4) is 0 Å². The Bertz CT molecular complexity index is 689. The summed E-state index contributed by atoms with van der Waals surface area (Å²) in [7, 11) is 0. The molecule has 4 N–H and O–H groups in total. The molecule has 0 radical (unpaired) electrons. The van der Waals surface area contributed by atoms with Gasteiger partial charge in [0.15, 0.2) is 5.78 Å². The number of ketones is 3. The molecule has 0 aromatic rings. The summed E-state index contributed by atoms with van der Waals surface area (Å²) in [6.45, 7) is 9.57. The number of hydrogen-bond acceptors (Lipinski definition) is 5. The quantitative estimate of drug-likeness (QED) is 0.176. The summed E-state index contributed by atoms with van der Waals surface area (Å²) in [5.41, 5.74) is 4.49. The molecule has 0 aromatic heterocycles. The number of amides is 3. The standard InChI is InChI=1S/C25H44BrN3O5/c1-17(2)22(29-21(32)13-9-7-6-8-12-19(30)16-26)20(31)15-18(23(33)25(3,4)5)11-10-14-28-24(27)34/h17-18,22H,6-16H2,1-5H3,(H,29,32)(H3,27,28,34)/t18-,22+/m1/s1. The Morgan fingerprint density at radius 2 is 1.50 bits per heavy atom. The topological polar surface area (TPSA) is 135 Å². The van der Waals surface area contributed by atoms with Crippen LogP contribution in [0.2, 0.25) is 0 Å². The second kappa shape index (κ2) is 16.8. The number of hydrogen-bond donors (Lipinski definition) is 3. The van der Waals surface area contributed by atoms with Crippen LogP contribution in [0.15, 0.2) is 0 Å². The number of nitrogens with two attached hydrogens (primary N) is 1. The summed E-state index contributed by atoms with van der Waals surface area (Å²) in [5.74, 6) is -0.734. The first-order valence-electron chi connectivity index (χ1n) is 12.3. The van der Waals surface area contributed by atoms with Crippen molar-refractivity contribution in [2.24, 2.45) is 23.0 Å². The van der Waals surface area contributed by atoms with Crippen molar-refractivity contribution in [3.8, 4) is 0 Å². The van der Waals surface area contributed by atoms with Crippen LogP contribution in [-0.4, -0.2) is 47.2 Å². The van der Waals surface area contributed by atoms with Crippen LogP contribution >= 0.6 is 15.9 Å². The van der Waals surface area contributed by atoms with E-state index in [-0.39, 0.29) is 35.6 Å². The lowest BCUT2D eigenvalue weighted by atomic mass is 9.78. The lowest BCUT2D eigenvalue weighted by molar-refractivity contribution is -0.135. The molecule has 0 saturated heterocycles. The lowest BCUT2D eigenvalue weighted by Crippen LogP contribution is -2.45. The van der Waals surface area contributed by atoms with E-state index in [0.717, 1.165) is 19.3 Å². The number of halogens is 1. The van der Waals surface area contributed by atoms with E-state index in [0.29, 0.717) is 44.0 Å². The van der Waals surface area contributed by atoms with Gasteiger partial charge in [-0.25, -0.2) is 4.79 Å². The molecule has 0 rings (SSSR count). The number of rotatable bonds is 18. The van der Waals surface area contributed by atoms with Gasteiger partial charge in [-0.3, -0.25) is 19.2 Å². The highest BCUT2D eigenvalue weighted by Crippen LogP contribution is 2.26. The summed E-state index contributed by atoms with van der Waals surface area (Å²) in [5, 5.41) is 5.75. The van der Waals surface area contributed by atoms with Gasteiger partial charge in [0.25, 0.3) is 0 Å². The second-order valence-electron chi connectivity index (χ2n) is 10.3. The van der Waals surface area contributed by atoms with Crippen LogP contribution in [-0.2, 0) is 19.2 Å². The van der Waals surface area contributed by atoms with Crippen molar-refractivity contribution in [3.63, 3.8) is 0 Å². The molecular formula is C25H44BrN3O5. The average molecular weight is 547 g/mol. The van der Waals surface area contributed by atoms with E-state index in [2.05, 4.69) is 26.6 Å². The molecule has 9 heteroatoms. The van der Waals surface area contributed by atoms with Crippen LogP contribution < -0.4 is 16.4 Å². The maximum atomic E-state index is 13.1. The monoisotopic (exact) mass is 545 g/mol. The highest BCUT2D eigenvalue weighted by Gasteiger charge is 2.33. The largest absolute Gasteiger partial charge is 0.352 e. The number of carbonyl (C=O) groups is 5. The molecule has 34 heavy (non-hydrogen) atoms. The van der Waals surface area contributed by atoms with Gasteiger partial charge in [-0.05, 0) is 31.6 Å². The van der Waals surface area contributed by atoms with E-state index in [4.69, 9.17) is 5.73 Å². The van der Waals surface area contributed by atoms with Gasteiger partial charge in [-0.1, -0.05) is 63.4 Å². The first-order valence-corrected chi connectivity index (χ1v) is 13.4. The van der Waals surface area contributed by atoms with Gasteiger partial charge in [0.05, 0.1) is 11.4 Å². The number of urea groups is 1. The number of primary amides is 1. The Kier molecular flexibility index (Phi) is 15.9. The Hall–Kier alpha value is -1.77. The first-order chi connectivity index (χ1) is 15.8. The third kappa shape index (κ3) is 14.5. The molecule has 2 atom stereocenters. The molecule has 0 aliphatic rings. The Morgan fingerprint density at radius 3 is 2.00 bits per heavy atom. The van der Waals surface area contributed by atoms with Crippen LogP contribution in [0.4, 0.5) is 4.79 Å². The van der Waals surface area contributed by atoms with Gasteiger partial charge in [0, 0.05) is 37.1 Å². The van der Waals surface area contributed by atoms with Gasteiger partial charge in [0.1, 0.15) is 11.6 Å². The van der Waals surface area contributed by atoms with Crippen LogP contribution in [0.25, 0.3) is 0 Å². The van der Waals surface area contributed by atoms with E-state index >= 15 is 0 Å². The number of nitrogens with one attached hydrogen (secondary N) is 2. The zero-order valence-electron chi connectivity index (χ0n) is 21.5. The number of unbranched alkanes of at least 4 members (excludes halogenated alkanes) is 3. The molecular weight excluding hydrogens is 502 g/mol. The summed E-state index contributed by atoms with van der Waals surface area (Å²) in [4.78, 5) is 60.7. The molecule has 0 aliphatic carbocycles. The van der Waals surface area contributed by atoms with Gasteiger partial charge in [0.2, 0.25) is 5.91 Å². The van der Waals surface area contributed by atoms with Crippen LogP contribution in [0, 0.1) is 17.3 Å². The highest BCUT2D eigenvalue weighted by atomic mass is 79.9. The van der Waals surface area contributed by atoms with Crippen molar-refractivity contribution in [2.45, 2.75) is 98.4 Å². The summed E-state index contributed by atoms with van der Waals surface area (Å²) < 4.78 is 0. The fourth-order valence-corrected chi connectivity index (χ4v) is 4.04. The van der Waals surface area contributed by atoms with Gasteiger partial charge in [-0.15, -0.1) is 0 Å². The van der Waals surface area contributed by atoms with Crippen molar-refractivity contribution in [1.29, 1.82) is 0 Å². The average Bonchev–Trinajstić information content (AvgIpc) is 2.74. The van der Waals surface area contributed by atoms with Crippen molar-refractivity contribution in [3.05, 3.63) is 0 Å². The summed E-state index contributed by atoms with van der Waals surface area (Å²) in [6.07, 6.45) is 5.17. The summed E-state index contributed by atoms with van der Waals surface area (Å²) >= 11 is 3.15. The third-order valence-electron chi connectivity index (χ3n) is 5.67. The van der Waals surface area contributed by atoms with E-state index in [1.165, 1.54) is 0 Å². The van der Waals surface area contributed by atoms with Crippen LogP contribution in [0.1, 0.15) is 92.4 Å². The predicted octanol–water partition coefficient (Wildman–Crippen LogP) is 4.07. The van der Waals surface area contributed by atoms with E-state index < -0.39 is 23.4 Å². The lowest BCUT2D eigenvalue weighted by Gasteiger charge is -2.27. The maximum absolute atomic E-state index is 13.1. The number of alkyl halides is 1. The molecule has 0 spiro atoms. The number of carbonyl (C=O) groups excluding carboxylic acids is 5.